The van der Waals surface area contributed by atoms with E-state index in [1.54, 1.807) is 0 Å². The Bertz CT molecular complexity index is 9730. The number of rotatable bonds is 6. The average molecular weight is 1770 g/mol. The molecule has 4 aliphatic carbocycles. The van der Waals surface area contributed by atoms with Crippen molar-refractivity contribution in [1.29, 1.82) is 0 Å². The Hall–Kier alpha value is -16.4. The molecule has 0 radical (unpaired) electrons. The minimum atomic E-state index is -0.151. The smallest absolute Gasteiger partial charge is 0.137 e. The Morgan fingerprint density at radius 2 is 0.708 bits per heavy atom. The Morgan fingerprint density at radius 3 is 1.42 bits per heavy atom. The van der Waals surface area contributed by atoms with Gasteiger partial charge in [0.2, 0.25) is 0 Å². The van der Waals surface area contributed by atoms with Crippen molar-refractivity contribution >= 4 is 151 Å². The second-order valence-electron chi connectivity index (χ2n) is 40.0. The van der Waals surface area contributed by atoms with E-state index in [1.165, 1.54) is 218 Å². The molecule has 18 aromatic carbocycles. The van der Waals surface area contributed by atoms with Crippen LogP contribution in [0.2, 0.25) is 0 Å². The normalized spacial score (nSPS) is 14.2. The van der Waals surface area contributed by atoms with Gasteiger partial charge >= 0.3 is 0 Å². The van der Waals surface area contributed by atoms with Gasteiger partial charge in [0.25, 0.3) is 0 Å². The van der Waals surface area contributed by atoms with E-state index in [4.69, 9.17) is 19.4 Å². The van der Waals surface area contributed by atoms with Gasteiger partial charge in [0.15, 0.2) is 0 Å². The van der Waals surface area contributed by atoms with Crippen molar-refractivity contribution in [3.05, 3.63) is 445 Å². The maximum atomic E-state index is 6.18. The van der Waals surface area contributed by atoms with Crippen molar-refractivity contribution in [2.24, 2.45) is 0 Å². The number of pyridine rings is 3. The summed E-state index contributed by atoms with van der Waals surface area (Å²) in [5.74, 6) is 2.78. The number of nitrogens with zero attached hydrogens (tertiary/aromatic N) is 6. The second-order valence-corrected chi connectivity index (χ2v) is 41.1. The number of hydrogen-bond donors (Lipinski definition) is 0. The number of furan rings is 1. The molecule has 26 aromatic rings. The van der Waals surface area contributed by atoms with Gasteiger partial charge in [-0.2, -0.15) is 0 Å². The van der Waals surface area contributed by atoms with Crippen LogP contribution >= 0.6 is 11.3 Å². The summed E-state index contributed by atoms with van der Waals surface area (Å²) < 4.78 is 16.0. The number of aromatic nitrogens is 6. The van der Waals surface area contributed by atoms with Crippen LogP contribution in [0.4, 0.5) is 0 Å². The third-order valence-corrected chi connectivity index (χ3v) is 32.4. The summed E-state index contributed by atoms with van der Waals surface area (Å²) in [6, 6.07) is 140. The predicted octanol–water partition coefficient (Wildman–Crippen LogP) is 34.5. The number of thiophene rings is 1. The van der Waals surface area contributed by atoms with Gasteiger partial charge in [0.05, 0.1) is 33.1 Å². The SMILES string of the molecule is CC1(C)c2ccccc2-c2c1c1c3ccccc3n(-c3ccc(-c4ccc5c(c4)sc4ccccc45)cn3)c1c1ccccc21.CC1(C)c2ccccc2-c2cc(-c3ccc(-n4c5ccc6ccccc6c5c5ccc6c(c54)C(C)(C)c4ccccc4-6)nc3)ccc21.CC1(C)c2ccccc2-c2cc3c(cc21)c1cc2ccccc2cc1n3-c1ccc(-c2cccc3oc4ccccc4c23)cn1. The fraction of sp³-hybridized carbons (Fsp3) is 0.0930. The van der Waals surface area contributed by atoms with Gasteiger partial charge in [0.1, 0.15) is 28.6 Å². The van der Waals surface area contributed by atoms with Gasteiger partial charge in [-0.25, -0.2) is 15.0 Å². The zero-order valence-corrected chi connectivity index (χ0v) is 77.9. The maximum absolute atomic E-state index is 6.18. The molecule has 0 saturated carbocycles. The first-order valence-corrected chi connectivity index (χ1v) is 48.6. The molecule has 8 heteroatoms. The highest BCUT2D eigenvalue weighted by Crippen LogP contribution is 2.60. The van der Waals surface area contributed by atoms with E-state index in [9.17, 15) is 0 Å². The molecule has 648 valence electrons. The first-order chi connectivity index (χ1) is 67.0. The third kappa shape index (κ3) is 11.4. The Kier molecular flexibility index (Phi) is 16.8. The van der Waals surface area contributed by atoms with Gasteiger partial charge in [-0.15, -0.1) is 11.3 Å². The van der Waals surface area contributed by atoms with Crippen molar-refractivity contribution in [3.8, 4) is 95.3 Å². The van der Waals surface area contributed by atoms with Crippen molar-refractivity contribution in [1.82, 2.24) is 28.7 Å². The highest BCUT2D eigenvalue weighted by Gasteiger charge is 2.43. The van der Waals surface area contributed by atoms with Crippen LogP contribution < -0.4 is 0 Å². The molecule has 0 aliphatic heterocycles. The summed E-state index contributed by atoms with van der Waals surface area (Å²) in [7, 11) is 0. The van der Waals surface area contributed by atoms with Crippen molar-refractivity contribution in [2.45, 2.75) is 77.0 Å². The molecule has 0 N–H and O–H groups in total. The molecular weight excluding hydrogens is 1680 g/mol. The topological polar surface area (TPSA) is 66.6 Å². The lowest BCUT2D eigenvalue weighted by atomic mass is 9.79. The lowest BCUT2D eigenvalue weighted by molar-refractivity contribution is 0.660. The molecular formula is C129H90N6OS. The lowest BCUT2D eigenvalue weighted by Gasteiger charge is -2.23. The molecule has 0 spiro atoms. The molecule has 0 bridgehead atoms. The molecule has 0 fully saturated rings. The molecule has 30 rings (SSSR count). The van der Waals surface area contributed by atoms with Crippen molar-refractivity contribution in [2.75, 3.05) is 0 Å². The average Bonchev–Trinajstić information content (AvgIpc) is 1.52. The van der Waals surface area contributed by atoms with Gasteiger partial charge in [-0.05, 0) is 236 Å². The zero-order chi connectivity index (χ0) is 91.4. The predicted molar refractivity (Wildman–Crippen MR) is 575 cm³/mol. The summed E-state index contributed by atoms with van der Waals surface area (Å²) in [4.78, 5) is 15.5. The number of hydrogen-bond acceptors (Lipinski definition) is 5. The van der Waals surface area contributed by atoms with Crippen LogP contribution in [0.25, 0.3) is 235 Å². The van der Waals surface area contributed by atoms with Crippen LogP contribution in [-0.4, -0.2) is 28.7 Å². The number of benzene rings is 18. The largest absolute Gasteiger partial charge is 0.456 e. The summed E-state index contributed by atoms with van der Waals surface area (Å²) in [6.45, 7) is 18.9. The summed E-state index contributed by atoms with van der Waals surface area (Å²) in [5.41, 5.74) is 37.3. The first-order valence-electron chi connectivity index (χ1n) is 47.7. The molecule has 0 atom stereocenters. The fourth-order valence-corrected chi connectivity index (χ4v) is 26.0. The van der Waals surface area contributed by atoms with E-state index in [0.29, 0.717) is 0 Å². The molecule has 7 nitrogen and oxygen atoms in total. The highest BCUT2D eigenvalue weighted by atomic mass is 32.1. The minimum Gasteiger partial charge on any atom is -0.456 e. The maximum Gasteiger partial charge on any atom is 0.137 e. The quantitative estimate of drug-likeness (QED) is 0.166. The molecule has 137 heavy (non-hydrogen) atoms. The van der Waals surface area contributed by atoms with Crippen LogP contribution in [0.15, 0.2) is 405 Å². The standard InChI is InChI=1S/C45H34N2.C42H28N2O.C42H28N2S/c1-44(2)36-15-9-8-14-32(36)35-25-28(17-22-38(35)44)29-19-24-40(46-26-29)47-39-23-18-27-11-5-6-12-30(27)41(39)34-21-20-33-31-13-7-10-16-37(31)45(3,4)42(33)43(34)47;1-42(2)34-15-7-5-12-29(34)31-23-37-33(22-35(31)42)32-20-25-10-3-4-11-26(25)21-36(32)44(37)40-19-18-27(24-43-40)28-14-9-17-39-41(28)30-13-6-8-16-38(30)45-39;1-42(2)33-16-8-5-14-31(33)38-29-12-3-4-13-30(29)41-39(40(38)42)32-15-6-9-17-34(32)44(41)37-22-20-26(24-43-37)25-19-21-28-27-11-7-10-18-35(27)45-36(28)23-25/h5-26H,1-4H3;2*3-24H,1-2H3. The van der Waals surface area contributed by atoms with Crippen LogP contribution in [0, 0.1) is 0 Å². The van der Waals surface area contributed by atoms with E-state index in [-0.39, 0.29) is 21.7 Å². The van der Waals surface area contributed by atoms with Crippen molar-refractivity contribution in [3.63, 3.8) is 0 Å². The zero-order valence-electron chi connectivity index (χ0n) is 77.1. The molecule has 0 unspecified atom stereocenters. The molecule has 8 heterocycles. The Balaban J connectivity index is 0.000000102. The summed E-state index contributed by atoms with van der Waals surface area (Å²) >= 11 is 1.86. The molecule has 8 aromatic heterocycles. The van der Waals surface area contributed by atoms with E-state index in [0.717, 1.165) is 61.6 Å². The molecule has 0 saturated heterocycles. The van der Waals surface area contributed by atoms with Gasteiger partial charge in [-0.3, -0.25) is 13.7 Å². The summed E-state index contributed by atoms with van der Waals surface area (Å²) in [6.07, 6.45) is 6.11. The highest BCUT2D eigenvalue weighted by molar-refractivity contribution is 7.25. The van der Waals surface area contributed by atoms with E-state index >= 15 is 0 Å². The van der Waals surface area contributed by atoms with Crippen molar-refractivity contribution < 1.29 is 4.42 Å². The van der Waals surface area contributed by atoms with E-state index in [2.05, 4.69) is 439 Å². The number of fused-ring (bicyclic) bond motifs is 35. The number of para-hydroxylation sites is 2. The van der Waals surface area contributed by atoms with Crippen LogP contribution in [0.3, 0.4) is 0 Å². The second kappa shape index (κ2) is 29.1. The minimum absolute atomic E-state index is 0.000959. The lowest BCUT2D eigenvalue weighted by Crippen LogP contribution is -2.16. The molecule has 0 amide bonds. The van der Waals surface area contributed by atoms with Gasteiger partial charge in [-0.1, -0.05) is 334 Å². The van der Waals surface area contributed by atoms with Gasteiger partial charge in [0, 0.05) is 126 Å². The van der Waals surface area contributed by atoms with Crippen LogP contribution in [0.5, 0.6) is 0 Å². The Labute approximate surface area is 796 Å². The van der Waals surface area contributed by atoms with E-state index < -0.39 is 0 Å². The van der Waals surface area contributed by atoms with Crippen LogP contribution in [0.1, 0.15) is 99.9 Å². The Morgan fingerprint density at radius 1 is 0.226 bits per heavy atom. The van der Waals surface area contributed by atoms with E-state index in [1.807, 2.05) is 41.9 Å². The van der Waals surface area contributed by atoms with Gasteiger partial charge < -0.3 is 4.42 Å². The van der Waals surface area contributed by atoms with Crippen LogP contribution in [-0.2, 0) is 21.7 Å². The first kappa shape index (κ1) is 79.2. The summed E-state index contributed by atoms with van der Waals surface area (Å²) in [5, 5.41) is 20.2. The molecule has 4 aliphatic rings. The fourth-order valence-electron chi connectivity index (χ4n) is 24.8. The monoisotopic (exact) mass is 1770 g/mol. The third-order valence-electron chi connectivity index (χ3n) is 31.3.